The Kier molecular flexibility index (Phi) is 6.87. The summed E-state index contributed by atoms with van der Waals surface area (Å²) < 4.78 is 11.0. The van der Waals surface area contributed by atoms with E-state index in [0.29, 0.717) is 59.8 Å². The van der Waals surface area contributed by atoms with Gasteiger partial charge in [0.1, 0.15) is 16.9 Å². The van der Waals surface area contributed by atoms with Crippen molar-refractivity contribution in [2.24, 2.45) is 18.4 Å². The maximum Gasteiger partial charge on any atom is 0.407 e. The van der Waals surface area contributed by atoms with E-state index in [-0.39, 0.29) is 12.2 Å². The second-order valence-electron chi connectivity index (χ2n) is 11.8. The largest absolute Gasteiger partial charge is 0.465 e. The molecule has 4 aromatic rings. The van der Waals surface area contributed by atoms with Crippen molar-refractivity contribution in [3.63, 3.8) is 0 Å². The van der Waals surface area contributed by atoms with Crippen molar-refractivity contribution < 1.29 is 19.4 Å². The smallest absolute Gasteiger partial charge is 0.407 e. The van der Waals surface area contributed by atoms with Crippen LogP contribution in [0.2, 0.25) is 0 Å². The number of ether oxygens (including phenoxy) is 2. The highest BCUT2D eigenvalue weighted by atomic mass is 16.7. The minimum Gasteiger partial charge on any atom is -0.465 e. The van der Waals surface area contributed by atoms with Crippen LogP contribution in [-0.2, 0) is 11.8 Å². The van der Waals surface area contributed by atoms with E-state index in [1.807, 2.05) is 17.0 Å². The monoisotopic (exact) mass is 574 g/mol. The minimum atomic E-state index is -0.878. The van der Waals surface area contributed by atoms with Gasteiger partial charge in [-0.05, 0) is 36.3 Å². The quantitative estimate of drug-likeness (QED) is 0.322. The Bertz CT molecular complexity index is 1620. The van der Waals surface area contributed by atoms with Gasteiger partial charge in [0.25, 0.3) is 0 Å². The van der Waals surface area contributed by atoms with E-state index in [1.54, 1.807) is 37.6 Å². The van der Waals surface area contributed by atoms with E-state index in [9.17, 15) is 9.90 Å². The average molecular weight is 575 g/mol. The fourth-order valence-corrected chi connectivity index (χ4v) is 6.10. The maximum absolute atomic E-state index is 12.3. The van der Waals surface area contributed by atoms with Gasteiger partial charge < -0.3 is 19.5 Å². The number of fused-ring (bicyclic) bond motifs is 1. The van der Waals surface area contributed by atoms with Crippen LogP contribution in [0.3, 0.4) is 0 Å². The topological polar surface area (TPSA) is 157 Å². The highest BCUT2D eigenvalue weighted by Gasteiger charge is 2.60. The molecule has 42 heavy (non-hydrogen) atoms. The first kappa shape index (κ1) is 27.7. The zero-order valence-corrected chi connectivity index (χ0v) is 24.4. The van der Waals surface area contributed by atoms with Gasteiger partial charge in [-0.2, -0.15) is 9.90 Å². The molecule has 6 rings (SSSR count). The molecular weight excluding hydrogens is 540 g/mol. The molecule has 0 aromatic carbocycles. The van der Waals surface area contributed by atoms with Gasteiger partial charge in [0, 0.05) is 57.3 Å². The molecule has 1 aliphatic carbocycles. The lowest BCUT2D eigenvalue weighted by molar-refractivity contribution is -0.0221. The summed E-state index contributed by atoms with van der Waals surface area (Å²) in [5, 5.41) is 27.6. The van der Waals surface area contributed by atoms with E-state index in [2.05, 4.69) is 56.1 Å². The van der Waals surface area contributed by atoms with Gasteiger partial charge >= 0.3 is 6.09 Å². The van der Waals surface area contributed by atoms with Crippen LogP contribution in [0.5, 0.6) is 5.75 Å². The fraction of sp³-hybridized carbons (Fsp3) is 0.500. The van der Waals surface area contributed by atoms with Crippen LogP contribution in [0.1, 0.15) is 33.6 Å². The molecule has 1 atom stereocenters. The highest BCUT2D eigenvalue weighted by molar-refractivity contribution is 5.78. The Morgan fingerprint density at radius 1 is 1.05 bits per heavy atom. The molecule has 220 valence electrons. The van der Waals surface area contributed by atoms with Gasteiger partial charge in [-0.1, -0.05) is 20.8 Å². The van der Waals surface area contributed by atoms with E-state index in [4.69, 9.17) is 9.47 Å². The Morgan fingerprint density at radius 2 is 1.81 bits per heavy atom. The number of amides is 1. The zero-order valence-electron chi connectivity index (χ0n) is 24.4. The molecule has 4 aromatic heterocycles. The summed E-state index contributed by atoms with van der Waals surface area (Å²) in [6, 6.07) is 3.74. The number of pyridine rings is 2. The van der Waals surface area contributed by atoms with E-state index in [0.717, 1.165) is 24.0 Å². The summed E-state index contributed by atoms with van der Waals surface area (Å²) in [4.78, 5) is 31.2. The molecule has 0 radical (unpaired) electrons. The molecule has 5 heterocycles. The van der Waals surface area contributed by atoms with Crippen LogP contribution >= 0.6 is 0 Å². The lowest BCUT2D eigenvalue weighted by Crippen LogP contribution is -2.70. The number of hydrogen-bond acceptors (Lipinski definition) is 11. The summed E-state index contributed by atoms with van der Waals surface area (Å²) >= 11 is 0. The first-order chi connectivity index (χ1) is 20.1. The summed E-state index contributed by atoms with van der Waals surface area (Å²) in [6.07, 6.45) is 6.20. The predicted molar refractivity (Wildman–Crippen MR) is 153 cm³/mol. The molecule has 2 aliphatic rings. The number of rotatable bonds is 7. The maximum atomic E-state index is 12.3. The van der Waals surface area contributed by atoms with Gasteiger partial charge in [-0.15, -0.1) is 15.3 Å². The van der Waals surface area contributed by atoms with Crippen molar-refractivity contribution >= 4 is 23.2 Å². The Balaban J connectivity index is 1.29. The number of aryl methyl sites for hydroxylation is 1. The van der Waals surface area contributed by atoms with Crippen molar-refractivity contribution in [2.45, 2.75) is 39.2 Å². The normalized spacial score (nSPS) is 19.4. The molecule has 0 bridgehead atoms. The lowest BCUT2D eigenvalue weighted by Gasteiger charge is -2.56. The molecule has 1 N–H and O–H groups in total. The van der Waals surface area contributed by atoms with Crippen LogP contribution in [0.4, 0.5) is 10.7 Å². The number of aromatic nitrogens is 8. The summed E-state index contributed by atoms with van der Waals surface area (Å²) in [6.45, 7) is 7.73. The van der Waals surface area contributed by atoms with Crippen LogP contribution in [0, 0.1) is 11.3 Å². The molecule has 1 saturated carbocycles. The first-order valence-corrected chi connectivity index (χ1v) is 13.9. The SMILES string of the molecule is COCOc1cc(-c2cnc3nn(C)nc3c2)cnc1-c1cnc(N2CCN(C(=O)O)[C@@](C3CC3)(C(C)(C)C)C2)nn1. The van der Waals surface area contributed by atoms with E-state index in [1.165, 1.54) is 4.80 Å². The summed E-state index contributed by atoms with van der Waals surface area (Å²) in [7, 11) is 3.29. The second kappa shape index (κ2) is 10.4. The lowest BCUT2D eigenvalue weighted by atomic mass is 9.68. The highest BCUT2D eigenvalue weighted by Crippen LogP contribution is 2.53. The zero-order chi connectivity index (χ0) is 29.6. The van der Waals surface area contributed by atoms with Crippen LogP contribution in [-0.4, -0.2) is 95.3 Å². The third-order valence-corrected chi connectivity index (χ3v) is 8.22. The number of hydrogen-bond donors (Lipinski definition) is 1. The van der Waals surface area contributed by atoms with Gasteiger partial charge in [0.05, 0.1) is 11.7 Å². The molecular formula is C28H34N10O4. The van der Waals surface area contributed by atoms with Gasteiger partial charge in [0.15, 0.2) is 12.5 Å². The van der Waals surface area contributed by atoms with Gasteiger partial charge in [-0.3, -0.25) is 4.90 Å². The van der Waals surface area contributed by atoms with E-state index < -0.39 is 11.6 Å². The number of nitrogens with zero attached hydrogens (tertiary/aromatic N) is 10. The molecule has 2 fully saturated rings. The molecule has 14 heteroatoms. The van der Waals surface area contributed by atoms with Crippen molar-refractivity contribution in [3.8, 4) is 28.3 Å². The van der Waals surface area contributed by atoms with Gasteiger partial charge in [-0.25, -0.2) is 19.7 Å². The third kappa shape index (κ3) is 4.85. The van der Waals surface area contributed by atoms with Crippen molar-refractivity contribution in [1.29, 1.82) is 0 Å². The Labute approximate surface area is 242 Å². The van der Waals surface area contributed by atoms with Crippen molar-refractivity contribution in [2.75, 3.05) is 38.4 Å². The molecule has 0 spiro atoms. The van der Waals surface area contributed by atoms with Crippen molar-refractivity contribution in [3.05, 3.63) is 30.7 Å². The number of carbonyl (C=O) groups is 1. The molecule has 0 unspecified atom stereocenters. The van der Waals surface area contributed by atoms with Crippen LogP contribution < -0.4 is 9.64 Å². The summed E-state index contributed by atoms with van der Waals surface area (Å²) in [5.74, 6) is 1.21. The number of piperazine rings is 1. The van der Waals surface area contributed by atoms with Crippen LogP contribution in [0.15, 0.2) is 30.7 Å². The van der Waals surface area contributed by atoms with Gasteiger partial charge in [0.2, 0.25) is 11.6 Å². The van der Waals surface area contributed by atoms with Crippen LogP contribution in [0.25, 0.3) is 33.7 Å². The standard InChI is InChI=1S/C28H34N10O4/c1-27(2,3)28(19-6-7-19)15-37(8-9-38(28)26(39)40)25-31-14-21(32-33-25)23-22(42-16-41-5)11-18(12-29-23)17-10-20-24(30-13-17)35-36(4)34-20/h10-14,19H,6-9,15-16H2,1-5H3,(H,39,40)/t28-/m0/s1. The Hall–Kier alpha value is -4.46. The fourth-order valence-electron chi connectivity index (χ4n) is 6.10. The third-order valence-electron chi connectivity index (χ3n) is 8.22. The number of anilines is 1. The molecule has 1 aliphatic heterocycles. The molecule has 1 amide bonds. The van der Waals surface area contributed by atoms with E-state index >= 15 is 0 Å². The second-order valence-corrected chi connectivity index (χ2v) is 11.8. The number of carboxylic acid groups (broad SMARTS) is 1. The summed E-state index contributed by atoms with van der Waals surface area (Å²) in [5.41, 5.74) is 2.90. The minimum absolute atomic E-state index is 0.0163. The number of methoxy groups -OCH3 is 1. The predicted octanol–water partition coefficient (Wildman–Crippen LogP) is 3.25. The average Bonchev–Trinajstić information content (AvgIpc) is 3.75. The Morgan fingerprint density at radius 3 is 2.48 bits per heavy atom. The molecule has 1 saturated heterocycles. The molecule has 14 nitrogen and oxygen atoms in total. The first-order valence-electron chi connectivity index (χ1n) is 13.9. The van der Waals surface area contributed by atoms with Crippen molar-refractivity contribution in [1.82, 2.24) is 45.0 Å².